The van der Waals surface area contributed by atoms with E-state index in [1.165, 1.54) is 0 Å². The maximum Gasteiger partial charge on any atom is 0.171 e. The number of amidine groups is 1. The van der Waals surface area contributed by atoms with Gasteiger partial charge >= 0.3 is 0 Å². The van der Waals surface area contributed by atoms with Crippen molar-refractivity contribution in [2.75, 3.05) is 0 Å². The number of halogens is 1. The zero-order chi connectivity index (χ0) is 13.0. The van der Waals surface area contributed by atoms with Crippen molar-refractivity contribution in [3.63, 3.8) is 0 Å². The summed E-state index contributed by atoms with van der Waals surface area (Å²) in [6, 6.07) is 15.4. The van der Waals surface area contributed by atoms with Crippen LogP contribution in [-0.2, 0) is 0 Å². The maximum atomic E-state index is 8.62. The van der Waals surface area contributed by atoms with E-state index in [-0.39, 0.29) is 5.84 Å². The third-order valence-corrected chi connectivity index (χ3v) is 3.61. The number of hydrogen-bond donors (Lipinski definition) is 2. The number of hydrogen-bond acceptors (Lipinski definition) is 3. The first-order valence-electron chi connectivity index (χ1n) is 5.21. The molecule has 2 aromatic carbocycles. The van der Waals surface area contributed by atoms with Crippen LogP contribution in [0.25, 0.3) is 0 Å². The molecule has 0 saturated carbocycles. The molecule has 5 heteroatoms. The topological polar surface area (TPSA) is 58.6 Å². The first-order valence-corrected chi connectivity index (χ1v) is 6.40. The van der Waals surface area contributed by atoms with Gasteiger partial charge in [-0.25, -0.2) is 0 Å². The molecule has 0 amide bonds. The largest absolute Gasteiger partial charge is 0.409 e. The molecule has 18 heavy (non-hydrogen) atoms. The minimum Gasteiger partial charge on any atom is -0.409 e. The summed E-state index contributed by atoms with van der Waals surface area (Å²) in [4.78, 5) is 2.13. The van der Waals surface area contributed by atoms with Crippen LogP contribution in [0, 0.1) is 0 Å². The van der Waals surface area contributed by atoms with Gasteiger partial charge in [-0.15, -0.1) is 0 Å². The normalized spacial score (nSPS) is 11.5. The number of nitrogens with two attached hydrogens (primary N) is 1. The van der Waals surface area contributed by atoms with Crippen molar-refractivity contribution < 1.29 is 5.21 Å². The third kappa shape index (κ3) is 2.97. The molecule has 0 aliphatic carbocycles. The van der Waals surface area contributed by atoms with Crippen molar-refractivity contribution in [2.24, 2.45) is 10.9 Å². The number of nitrogens with zero attached hydrogens (tertiary/aromatic N) is 1. The van der Waals surface area contributed by atoms with Crippen molar-refractivity contribution >= 4 is 29.2 Å². The van der Waals surface area contributed by atoms with Crippen molar-refractivity contribution in [3.8, 4) is 0 Å². The zero-order valence-electron chi connectivity index (χ0n) is 9.38. The van der Waals surface area contributed by atoms with Gasteiger partial charge in [0.2, 0.25) is 0 Å². The van der Waals surface area contributed by atoms with Crippen LogP contribution >= 0.6 is 23.4 Å². The number of oxime groups is 1. The summed E-state index contributed by atoms with van der Waals surface area (Å²) in [6.45, 7) is 0. The maximum absolute atomic E-state index is 8.62. The van der Waals surface area contributed by atoms with Gasteiger partial charge in [-0.3, -0.25) is 0 Å². The van der Waals surface area contributed by atoms with Crippen LogP contribution in [0.3, 0.4) is 0 Å². The molecular formula is C13H11ClN2OS. The Morgan fingerprint density at radius 3 is 2.44 bits per heavy atom. The van der Waals surface area contributed by atoms with E-state index >= 15 is 0 Å². The number of benzene rings is 2. The highest BCUT2D eigenvalue weighted by Gasteiger charge is 2.07. The molecule has 3 nitrogen and oxygen atoms in total. The van der Waals surface area contributed by atoms with E-state index in [1.54, 1.807) is 23.9 Å². The predicted molar refractivity (Wildman–Crippen MR) is 74.5 cm³/mol. The minimum atomic E-state index is 0.0104. The molecule has 0 heterocycles. The van der Waals surface area contributed by atoms with E-state index in [9.17, 15) is 0 Å². The van der Waals surface area contributed by atoms with Crippen LogP contribution in [0.4, 0.5) is 0 Å². The molecule has 0 aromatic heterocycles. The molecule has 0 aliphatic rings. The fourth-order valence-electron chi connectivity index (χ4n) is 1.45. The van der Waals surface area contributed by atoms with Gasteiger partial charge in [0.25, 0.3) is 0 Å². The van der Waals surface area contributed by atoms with E-state index in [1.807, 2.05) is 36.4 Å². The van der Waals surface area contributed by atoms with Gasteiger partial charge in [-0.05, 0) is 30.3 Å². The van der Waals surface area contributed by atoms with Crippen LogP contribution < -0.4 is 5.73 Å². The van der Waals surface area contributed by atoms with Crippen LogP contribution in [0.1, 0.15) is 5.56 Å². The highest BCUT2D eigenvalue weighted by atomic mass is 35.5. The summed E-state index contributed by atoms with van der Waals surface area (Å²) >= 11 is 7.69. The van der Waals surface area contributed by atoms with Gasteiger partial charge in [-0.2, -0.15) is 0 Å². The predicted octanol–water partition coefficient (Wildman–Crippen LogP) is 3.59. The molecule has 3 N–H and O–H groups in total. The molecule has 0 radical (unpaired) electrons. The Balaban J connectivity index is 2.25. The molecule has 0 spiro atoms. The van der Waals surface area contributed by atoms with E-state index in [4.69, 9.17) is 22.5 Å². The Morgan fingerprint density at radius 2 is 1.83 bits per heavy atom. The first kappa shape index (κ1) is 12.8. The lowest BCUT2D eigenvalue weighted by Gasteiger charge is -2.05. The Hall–Kier alpha value is -1.65. The molecule has 92 valence electrons. The van der Waals surface area contributed by atoms with Gasteiger partial charge in [-0.1, -0.05) is 46.7 Å². The molecule has 0 saturated heterocycles. The van der Waals surface area contributed by atoms with E-state index in [0.717, 1.165) is 9.79 Å². The van der Waals surface area contributed by atoms with Crippen LogP contribution in [-0.4, -0.2) is 11.0 Å². The summed E-state index contributed by atoms with van der Waals surface area (Å²) in [5.41, 5.74) is 6.03. The smallest absolute Gasteiger partial charge is 0.171 e. The van der Waals surface area contributed by atoms with Crippen molar-refractivity contribution in [1.29, 1.82) is 0 Å². The third-order valence-electron chi connectivity index (χ3n) is 2.30. The van der Waals surface area contributed by atoms with E-state index in [2.05, 4.69) is 5.16 Å². The second-order valence-electron chi connectivity index (χ2n) is 3.54. The molecule has 0 aliphatic heterocycles. The quantitative estimate of drug-likeness (QED) is 0.390. The molecule has 0 bridgehead atoms. The molecule has 2 rings (SSSR count). The molecule has 0 atom stereocenters. The SMILES string of the molecule is NC(=NO)c1ccc(Sc2ccccc2)cc1Cl. The summed E-state index contributed by atoms with van der Waals surface area (Å²) in [7, 11) is 0. The Labute approximate surface area is 114 Å². The second-order valence-corrected chi connectivity index (χ2v) is 5.10. The van der Waals surface area contributed by atoms with Gasteiger partial charge in [0.1, 0.15) is 0 Å². The fourth-order valence-corrected chi connectivity index (χ4v) is 2.67. The molecule has 0 unspecified atom stereocenters. The summed E-state index contributed by atoms with van der Waals surface area (Å²) in [5.74, 6) is 0.0104. The summed E-state index contributed by atoms with van der Waals surface area (Å²) < 4.78 is 0. The van der Waals surface area contributed by atoms with Gasteiger partial charge < -0.3 is 10.9 Å². The monoisotopic (exact) mass is 278 g/mol. The molecular weight excluding hydrogens is 268 g/mol. The summed E-state index contributed by atoms with van der Waals surface area (Å²) in [6.07, 6.45) is 0. The van der Waals surface area contributed by atoms with Gasteiger partial charge in [0, 0.05) is 15.4 Å². The highest BCUT2D eigenvalue weighted by molar-refractivity contribution is 7.99. The van der Waals surface area contributed by atoms with Crippen molar-refractivity contribution in [2.45, 2.75) is 9.79 Å². The fraction of sp³-hybridized carbons (Fsp3) is 0. The van der Waals surface area contributed by atoms with Crippen LogP contribution in [0.15, 0.2) is 63.5 Å². The standard InChI is InChI=1S/C13H11ClN2OS/c14-12-8-10(6-7-11(12)13(15)16-17)18-9-4-2-1-3-5-9/h1-8,17H,(H2,15,16). The Morgan fingerprint density at radius 1 is 1.11 bits per heavy atom. The van der Waals surface area contributed by atoms with Crippen LogP contribution in [0.5, 0.6) is 0 Å². The van der Waals surface area contributed by atoms with Gasteiger partial charge in [0.05, 0.1) is 5.02 Å². The lowest BCUT2D eigenvalue weighted by molar-refractivity contribution is 0.318. The van der Waals surface area contributed by atoms with E-state index in [0.29, 0.717) is 10.6 Å². The lowest BCUT2D eigenvalue weighted by Crippen LogP contribution is -2.13. The van der Waals surface area contributed by atoms with Crippen LogP contribution in [0.2, 0.25) is 5.02 Å². The first-order chi connectivity index (χ1) is 8.70. The molecule has 2 aromatic rings. The van der Waals surface area contributed by atoms with Gasteiger partial charge in [0.15, 0.2) is 5.84 Å². The average Bonchev–Trinajstić information content (AvgIpc) is 2.39. The second kappa shape index (κ2) is 5.80. The Bertz CT molecular complexity index is 572. The van der Waals surface area contributed by atoms with E-state index < -0.39 is 0 Å². The average molecular weight is 279 g/mol. The minimum absolute atomic E-state index is 0.0104. The number of rotatable bonds is 3. The van der Waals surface area contributed by atoms with Crippen molar-refractivity contribution in [3.05, 3.63) is 59.1 Å². The Kier molecular flexibility index (Phi) is 4.12. The van der Waals surface area contributed by atoms with Crippen molar-refractivity contribution in [1.82, 2.24) is 0 Å². The zero-order valence-corrected chi connectivity index (χ0v) is 10.9. The highest BCUT2D eigenvalue weighted by Crippen LogP contribution is 2.30. The molecule has 0 fully saturated rings. The lowest BCUT2D eigenvalue weighted by atomic mass is 10.2. The summed E-state index contributed by atoms with van der Waals surface area (Å²) in [5, 5.41) is 12.0.